The molecule has 116 valence electrons. The Morgan fingerprint density at radius 3 is 2.48 bits per heavy atom. The molecule has 1 rings (SSSR count). The van der Waals surface area contributed by atoms with E-state index in [2.05, 4.69) is 5.32 Å². The molecule has 0 saturated carbocycles. The van der Waals surface area contributed by atoms with Crippen molar-refractivity contribution in [2.24, 2.45) is 0 Å². The van der Waals surface area contributed by atoms with Crippen LogP contribution in [0.5, 0.6) is 0 Å². The molecule has 1 amide bonds. The molecular formula is C16H23NO4. The third kappa shape index (κ3) is 7.46. The second-order valence-corrected chi connectivity index (χ2v) is 4.78. The molecule has 2 N–H and O–H groups in total. The Bertz CT molecular complexity index is 459. The number of carboxylic acids is 1. The number of ether oxygens (including phenoxy) is 1. The van der Waals surface area contributed by atoms with Crippen LogP contribution in [-0.2, 0) is 27.5 Å². The SMILES string of the molecule is CCOCc1ccccc1CNC(=O)CCCCC(=O)O. The summed E-state index contributed by atoms with van der Waals surface area (Å²) in [7, 11) is 0. The first-order valence-electron chi connectivity index (χ1n) is 7.26. The van der Waals surface area contributed by atoms with Gasteiger partial charge in [-0.25, -0.2) is 0 Å². The first kappa shape index (κ1) is 17.2. The molecule has 0 aromatic heterocycles. The second-order valence-electron chi connectivity index (χ2n) is 4.78. The summed E-state index contributed by atoms with van der Waals surface area (Å²) in [5.74, 6) is -0.869. The Hall–Kier alpha value is -1.88. The predicted octanol–water partition coefficient (Wildman–Crippen LogP) is 2.48. The minimum atomic E-state index is -0.819. The van der Waals surface area contributed by atoms with Crippen molar-refractivity contribution in [2.75, 3.05) is 6.61 Å². The van der Waals surface area contributed by atoms with Gasteiger partial charge in [0.2, 0.25) is 5.91 Å². The molecule has 1 aromatic carbocycles. The molecule has 0 aliphatic carbocycles. The molecule has 0 bridgehead atoms. The number of carbonyl (C=O) groups excluding carboxylic acids is 1. The standard InChI is InChI=1S/C16H23NO4/c1-2-21-12-14-8-4-3-7-13(14)11-17-15(18)9-5-6-10-16(19)20/h3-4,7-8H,2,5-6,9-12H2,1H3,(H,17,18)(H,19,20). The Labute approximate surface area is 125 Å². The van der Waals surface area contributed by atoms with Crippen molar-refractivity contribution >= 4 is 11.9 Å². The van der Waals surface area contributed by atoms with Gasteiger partial charge in [0, 0.05) is 26.0 Å². The molecule has 0 saturated heterocycles. The van der Waals surface area contributed by atoms with E-state index in [1.807, 2.05) is 31.2 Å². The van der Waals surface area contributed by atoms with Crippen LogP contribution in [0.2, 0.25) is 0 Å². The molecule has 0 atom stereocenters. The normalized spacial score (nSPS) is 10.3. The van der Waals surface area contributed by atoms with Crippen molar-refractivity contribution in [3.63, 3.8) is 0 Å². The first-order chi connectivity index (χ1) is 10.1. The van der Waals surface area contributed by atoms with Gasteiger partial charge in [0.15, 0.2) is 0 Å². The van der Waals surface area contributed by atoms with Crippen molar-refractivity contribution in [1.82, 2.24) is 5.32 Å². The van der Waals surface area contributed by atoms with Crippen LogP contribution in [0.4, 0.5) is 0 Å². The fourth-order valence-corrected chi connectivity index (χ4v) is 1.93. The molecule has 21 heavy (non-hydrogen) atoms. The summed E-state index contributed by atoms with van der Waals surface area (Å²) in [6.07, 6.45) is 1.60. The molecule has 1 aromatic rings. The van der Waals surface area contributed by atoms with Gasteiger partial charge in [-0.15, -0.1) is 0 Å². The van der Waals surface area contributed by atoms with Gasteiger partial charge in [-0.1, -0.05) is 24.3 Å². The highest BCUT2D eigenvalue weighted by atomic mass is 16.5. The molecule has 0 aliphatic heterocycles. The number of carboxylic acid groups (broad SMARTS) is 1. The number of rotatable bonds is 10. The van der Waals surface area contributed by atoms with Crippen molar-refractivity contribution in [1.29, 1.82) is 0 Å². The smallest absolute Gasteiger partial charge is 0.303 e. The number of unbranched alkanes of at least 4 members (excludes halogenated alkanes) is 1. The molecule has 5 heteroatoms. The van der Waals surface area contributed by atoms with E-state index in [4.69, 9.17) is 9.84 Å². The van der Waals surface area contributed by atoms with Gasteiger partial charge in [0.1, 0.15) is 0 Å². The van der Waals surface area contributed by atoms with E-state index in [9.17, 15) is 9.59 Å². The van der Waals surface area contributed by atoms with E-state index >= 15 is 0 Å². The Morgan fingerprint density at radius 1 is 1.14 bits per heavy atom. The quantitative estimate of drug-likeness (QED) is 0.650. The zero-order valence-corrected chi connectivity index (χ0v) is 12.4. The number of nitrogens with one attached hydrogen (secondary N) is 1. The summed E-state index contributed by atoms with van der Waals surface area (Å²) in [6.45, 7) is 3.62. The van der Waals surface area contributed by atoms with E-state index in [0.717, 1.165) is 11.1 Å². The fourth-order valence-electron chi connectivity index (χ4n) is 1.93. The maximum Gasteiger partial charge on any atom is 0.303 e. The maximum absolute atomic E-state index is 11.7. The zero-order valence-electron chi connectivity index (χ0n) is 12.4. The van der Waals surface area contributed by atoms with Crippen LogP contribution in [0.3, 0.4) is 0 Å². The van der Waals surface area contributed by atoms with Crippen LogP contribution >= 0.6 is 0 Å². The molecule has 5 nitrogen and oxygen atoms in total. The molecule has 0 fully saturated rings. The summed E-state index contributed by atoms with van der Waals surface area (Å²) in [6, 6.07) is 7.85. The van der Waals surface area contributed by atoms with Gasteiger partial charge >= 0.3 is 5.97 Å². The summed E-state index contributed by atoms with van der Waals surface area (Å²) >= 11 is 0. The number of aliphatic carboxylic acids is 1. The van der Waals surface area contributed by atoms with Crippen LogP contribution in [0.25, 0.3) is 0 Å². The lowest BCUT2D eigenvalue weighted by atomic mass is 10.1. The Morgan fingerprint density at radius 2 is 1.81 bits per heavy atom. The van der Waals surface area contributed by atoms with E-state index in [-0.39, 0.29) is 12.3 Å². The third-order valence-electron chi connectivity index (χ3n) is 3.10. The van der Waals surface area contributed by atoms with Gasteiger partial charge in [0.25, 0.3) is 0 Å². The largest absolute Gasteiger partial charge is 0.481 e. The average Bonchev–Trinajstić information content (AvgIpc) is 2.48. The van der Waals surface area contributed by atoms with Gasteiger partial charge in [-0.05, 0) is 30.9 Å². The second kappa shape index (κ2) is 9.94. The highest BCUT2D eigenvalue weighted by molar-refractivity contribution is 5.76. The lowest BCUT2D eigenvalue weighted by Gasteiger charge is -2.10. The molecule has 0 heterocycles. The van der Waals surface area contributed by atoms with E-state index in [1.54, 1.807) is 0 Å². The Kier molecular flexibility index (Phi) is 8.12. The van der Waals surface area contributed by atoms with Crippen molar-refractivity contribution in [3.8, 4) is 0 Å². The van der Waals surface area contributed by atoms with E-state index in [0.29, 0.717) is 39.0 Å². The highest BCUT2D eigenvalue weighted by Crippen LogP contribution is 2.10. The maximum atomic E-state index is 11.7. The lowest BCUT2D eigenvalue weighted by molar-refractivity contribution is -0.137. The lowest BCUT2D eigenvalue weighted by Crippen LogP contribution is -2.23. The van der Waals surface area contributed by atoms with E-state index < -0.39 is 5.97 Å². The number of amides is 1. The molecule has 0 radical (unpaired) electrons. The summed E-state index contributed by atoms with van der Waals surface area (Å²) in [5.41, 5.74) is 2.12. The highest BCUT2D eigenvalue weighted by Gasteiger charge is 2.05. The van der Waals surface area contributed by atoms with Crippen molar-refractivity contribution in [3.05, 3.63) is 35.4 Å². The topological polar surface area (TPSA) is 75.6 Å². The van der Waals surface area contributed by atoms with Crippen LogP contribution < -0.4 is 5.32 Å². The Balaban J connectivity index is 2.33. The van der Waals surface area contributed by atoms with Crippen molar-refractivity contribution < 1.29 is 19.4 Å². The third-order valence-corrected chi connectivity index (χ3v) is 3.10. The number of hydrogen-bond donors (Lipinski definition) is 2. The molecule has 0 aliphatic rings. The van der Waals surface area contributed by atoms with Crippen LogP contribution in [-0.4, -0.2) is 23.6 Å². The van der Waals surface area contributed by atoms with E-state index in [1.165, 1.54) is 0 Å². The van der Waals surface area contributed by atoms with Crippen LogP contribution in [0.15, 0.2) is 24.3 Å². The zero-order chi connectivity index (χ0) is 15.5. The molecular weight excluding hydrogens is 270 g/mol. The fraction of sp³-hybridized carbons (Fsp3) is 0.500. The number of hydrogen-bond acceptors (Lipinski definition) is 3. The molecule has 0 spiro atoms. The van der Waals surface area contributed by atoms with Gasteiger partial charge in [-0.2, -0.15) is 0 Å². The van der Waals surface area contributed by atoms with Gasteiger partial charge in [0.05, 0.1) is 6.61 Å². The molecule has 0 unspecified atom stereocenters. The van der Waals surface area contributed by atoms with Gasteiger partial charge in [-0.3, -0.25) is 9.59 Å². The summed E-state index contributed by atoms with van der Waals surface area (Å²) in [4.78, 5) is 22.1. The van der Waals surface area contributed by atoms with Crippen LogP contribution in [0, 0.1) is 0 Å². The minimum absolute atomic E-state index is 0.0494. The minimum Gasteiger partial charge on any atom is -0.481 e. The summed E-state index contributed by atoms with van der Waals surface area (Å²) < 4.78 is 5.40. The summed E-state index contributed by atoms with van der Waals surface area (Å²) in [5, 5.41) is 11.4. The van der Waals surface area contributed by atoms with Crippen LogP contribution in [0.1, 0.15) is 43.7 Å². The number of benzene rings is 1. The monoisotopic (exact) mass is 293 g/mol. The first-order valence-corrected chi connectivity index (χ1v) is 7.26. The average molecular weight is 293 g/mol. The van der Waals surface area contributed by atoms with Crippen molar-refractivity contribution in [2.45, 2.75) is 45.8 Å². The number of carbonyl (C=O) groups is 2. The van der Waals surface area contributed by atoms with Gasteiger partial charge < -0.3 is 15.2 Å². The predicted molar refractivity (Wildman–Crippen MR) is 79.7 cm³/mol.